The van der Waals surface area contributed by atoms with Crippen LogP contribution < -0.4 is 15.5 Å². The normalized spacial score (nSPS) is 10.5. The molecule has 0 bridgehead atoms. The molecule has 5 nitrogen and oxygen atoms in total. The third kappa shape index (κ3) is 4.83. The van der Waals surface area contributed by atoms with Crippen molar-refractivity contribution in [1.82, 2.24) is 5.32 Å². The standard InChI is InChI=1S/C18H23N3O2S/c1-4-21(13(2)3)15-9-7-14(8-10-15)20-17(22)12-19-18(23)16-6-5-11-24-16/h5-11,13H,4,12H2,1-3H3,(H,19,23)(H,20,22). The van der Waals surface area contributed by atoms with Crippen molar-refractivity contribution in [3.05, 3.63) is 46.7 Å². The molecule has 0 saturated heterocycles. The molecule has 2 rings (SSSR count). The molecule has 6 heteroatoms. The molecule has 0 radical (unpaired) electrons. The van der Waals surface area contributed by atoms with Crippen LogP contribution >= 0.6 is 11.3 Å². The Kier molecular flexibility index (Phi) is 6.37. The Bertz CT molecular complexity index is 666. The predicted molar refractivity (Wildman–Crippen MR) is 99.9 cm³/mol. The van der Waals surface area contributed by atoms with Gasteiger partial charge in [-0.3, -0.25) is 9.59 Å². The van der Waals surface area contributed by atoms with Crippen molar-refractivity contribution in [3.63, 3.8) is 0 Å². The Labute approximate surface area is 146 Å². The number of carbonyl (C=O) groups is 2. The summed E-state index contributed by atoms with van der Waals surface area (Å²) in [5.41, 5.74) is 1.84. The minimum Gasteiger partial charge on any atom is -0.369 e. The molecular weight excluding hydrogens is 322 g/mol. The van der Waals surface area contributed by atoms with Gasteiger partial charge >= 0.3 is 0 Å². The molecule has 1 aromatic carbocycles. The highest BCUT2D eigenvalue weighted by atomic mass is 32.1. The van der Waals surface area contributed by atoms with Crippen LogP contribution in [0.1, 0.15) is 30.4 Å². The van der Waals surface area contributed by atoms with E-state index >= 15 is 0 Å². The largest absolute Gasteiger partial charge is 0.369 e. The highest BCUT2D eigenvalue weighted by Crippen LogP contribution is 2.19. The number of nitrogens with one attached hydrogen (secondary N) is 2. The summed E-state index contributed by atoms with van der Waals surface area (Å²) in [6.45, 7) is 7.29. The van der Waals surface area contributed by atoms with E-state index in [0.717, 1.165) is 12.2 Å². The Morgan fingerprint density at radius 3 is 2.42 bits per heavy atom. The van der Waals surface area contributed by atoms with Crippen LogP contribution in [0.2, 0.25) is 0 Å². The molecule has 0 atom stereocenters. The summed E-state index contributed by atoms with van der Waals surface area (Å²) in [6, 6.07) is 11.7. The average Bonchev–Trinajstić information content (AvgIpc) is 3.09. The smallest absolute Gasteiger partial charge is 0.261 e. The summed E-state index contributed by atoms with van der Waals surface area (Å²) in [5.74, 6) is -0.477. The Morgan fingerprint density at radius 2 is 1.88 bits per heavy atom. The van der Waals surface area contributed by atoms with Crippen molar-refractivity contribution in [2.45, 2.75) is 26.8 Å². The summed E-state index contributed by atoms with van der Waals surface area (Å²) in [5, 5.41) is 7.22. The van der Waals surface area contributed by atoms with Gasteiger partial charge in [0.2, 0.25) is 5.91 Å². The molecule has 128 valence electrons. The van der Waals surface area contributed by atoms with Crippen LogP contribution in [0.5, 0.6) is 0 Å². The quantitative estimate of drug-likeness (QED) is 0.809. The Morgan fingerprint density at radius 1 is 1.17 bits per heavy atom. The number of hydrogen-bond donors (Lipinski definition) is 2. The molecule has 0 spiro atoms. The molecule has 2 N–H and O–H groups in total. The average molecular weight is 345 g/mol. The molecule has 1 aromatic heterocycles. The molecule has 2 amide bonds. The molecular formula is C18H23N3O2S. The summed E-state index contributed by atoms with van der Waals surface area (Å²) >= 11 is 1.35. The van der Waals surface area contributed by atoms with Crippen LogP contribution in [-0.4, -0.2) is 30.9 Å². The third-order valence-corrected chi connectivity index (χ3v) is 4.47. The second kappa shape index (κ2) is 8.49. The van der Waals surface area contributed by atoms with E-state index in [2.05, 4.69) is 36.3 Å². The van der Waals surface area contributed by atoms with E-state index in [1.807, 2.05) is 29.6 Å². The first kappa shape index (κ1) is 18.0. The highest BCUT2D eigenvalue weighted by molar-refractivity contribution is 7.12. The van der Waals surface area contributed by atoms with Crippen molar-refractivity contribution in [1.29, 1.82) is 0 Å². The lowest BCUT2D eigenvalue weighted by atomic mass is 10.2. The Hall–Kier alpha value is -2.34. The fourth-order valence-electron chi connectivity index (χ4n) is 2.44. The number of amides is 2. The SMILES string of the molecule is CCN(c1ccc(NC(=O)CNC(=O)c2cccs2)cc1)C(C)C. The maximum Gasteiger partial charge on any atom is 0.261 e. The zero-order valence-electron chi connectivity index (χ0n) is 14.2. The molecule has 0 aliphatic rings. The fraction of sp³-hybridized carbons (Fsp3) is 0.333. The summed E-state index contributed by atoms with van der Waals surface area (Å²) in [4.78, 5) is 26.6. The minimum absolute atomic E-state index is 0.0500. The van der Waals surface area contributed by atoms with Gasteiger partial charge in [0.25, 0.3) is 5.91 Å². The van der Waals surface area contributed by atoms with E-state index in [4.69, 9.17) is 0 Å². The number of carbonyl (C=O) groups excluding carboxylic acids is 2. The molecule has 0 unspecified atom stereocenters. The van der Waals surface area contributed by atoms with E-state index in [1.165, 1.54) is 11.3 Å². The summed E-state index contributed by atoms with van der Waals surface area (Å²) in [6.07, 6.45) is 0. The lowest BCUT2D eigenvalue weighted by Crippen LogP contribution is -2.32. The van der Waals surface area contributed by atoms with Gasteiger partial charge in [0.1, 0.15) is 0 Å². The van der Waals surface area contributed by atoms with Crippen LogP contribution in [0.4, 0.5) is 11.4 Å². The van der Waals surface area contributed by atoms with Crippen molar-refractivity contribution in [2.24, 2.45) is 0 Å². The number of thiophene rings is 1. The second-order valence-corrected chi connectivity index (χ2v) is 6.58. The minimum atomic E-state index is -0.246. The van der Waals surface area contributed by atoms with E-state index in [1.54, 1.807) is 12.1 Å². The van der Waals surface area contributed by atoms with Crippen LogP contribution in [0.25, 0.3) is 0 Å². The van der Waals surface area contributed by atoms with Crippen molar-refractivity contribution >= 4 is 34.5 Å². The van der Waals surface area contributed by atoms with Crippen molar-refractivity contribution in [2.75, 3.05) is 23.3 Å². The van der Waals surface area contributed by atoms with E-state index < -0.39 is 0 Å². The Balaban J connectivity index is 1.86. The maximum absolute atomic E-state index is 11.9. The first-order valence-corrected chi connectivity index (χ1v) is 8.87. The van der Waals surface area contributed by atoms with Gasteiger partial charge in [-0.25, -0.2) is 0 Å². The molecule has 1 heterocycles. The van der Waals surface area contributed by atoms with Crippen LogP contribution in [0.3, 0.4) is 0 Å². The molecule has 0 aliphatic heterocycles. The maximum atomic E-state index is 11.9. The van der Waals surface area contributed by atoms with Gasteiger partial charge in [-0.15, -0.1) is 11.3 Å². The third-order valence-electron chi connectivity index (χ3n) is 3.60. The van der Waals surface area contributed by atoms with Gasteiger partial charge in [0, 0.05) is 24.0 Å². The van der Waals surface area contributed by atoms with Gasteiger partial charge in [0.15, 0.2) is 0 Å². The first-order valence-electron chi connectivity index (χ1n) is 7.99. The van der Waals surface area contributed by atoms with Gasteiger partial charge < -0.3 is 15.5 Å². The first-order chi connectivity index (χ1) is 11.5. The van der Waals surface area contributed by atoms with Gasteiger partial charge in [-0.05, 0) is 56.5 Å². The second-order valence-electron chi connectivity index (χ2n) is 5.63. The molecule has 0 fully saturated rings. The molecule has 24 heavy (non-hydrogen) atoms. The molecule has 0 aliphatic carbocycles. The lowest BCUT2D eigenvalue weighted by Gasteiger charge is -2.27. The fourth-order valence-corrected chi connectivity index (χ4v) is 3.08. The molecule has 0 saturated carbocycles. The van der Waals surface area contributed by atoms with Crippen molar-refractivity contribution in [3.8, 4) is 0 Å². The van der Waals surface area contributed by atoms with Crippen LogP contribution in [0.15, 0.2) is 41.8 Å². The van der Waals surface area contributed by atoms with Crippen LogP contribution in [-0.2, 0) is 4.79 Å². The summed E-state index contributed by atoms with van der Waals surface area (Å²) in [7, 11) is 0. The van der Waals surface area contributed by atoms with Gasteiger partial charge in [0.05, 0.1) is 11.4 Å². The highest BCUT2D eigenvalue weighted by Gasteiger charge is 2.10. The van der Waals surface area contributed by atoms with Gasteiger partial charge in [-0.2, -0.15) is 0 Å². The van der Waals surface area contributed by atoms with Crippen LogP contribution in [0, 0.1) is 0 Å². The van der Waals surface area contributed by atoms with Crippen molar-refractivity contribution < 1.29 is 9.59 Å². The van der Waals surface area contributed by atoms with E-state index in [0.29, 0.717) is 16.6 Å². The number of hydrogen-bond acceptors (Lipinski definition) is 4. The van der Waals surface area contributed by atoms with Gasteiger partial charge in [-0.1, -0.05) is 6.07 Å². The predicted octanol–water partition coefficient (Wildman–Crippen LogP) is 3.35. The zero-order chi connectivity index (χ0) is 17.5. The van der Waals surface area contributed by atoms with E-state index in [-0.39, 0.29) is 18.4 Å². The molecule has 2 aromatic rings. The number of rotatable bonds is 7. The summed E-state index contributed by atoms with van der Waals surface area (Å²) < 4.78 is 0. The number of anilines is 2. The number of nitrogens with zero attached hydrogens (tertiary/aromatic N) is 1. The lowest BCUT2D eigenvalue weighted by molar-refractivity contribution is -0.115. The topological polar surface area (TPSA) is 61.4 Å². The number of benzene rings is 1. The zero-order valence-corrected chi connectivity index (χ0v) is 15.0. The van der Waals surface area contributed by atoms with E-state index in [9.17, 15) is 9.59 Å². The monoisotopic (exact) mass is 345 g/mol.